The number of nitrogens with zero attached hydrogens (tertiary/aromatic N) is 1. The van der Waals surface area contributed by atoms with E-state index >= 15 is 0 Å². The van der Waals surface area contributed by atoms with Gasteiger partial charge in [-0.15, -0.1) is 0 Å². The molecular weight excluding hydrogens is 284 g/mol. The number of H-pyrrole nitrogens is 1. The van der Waals surface area contributed by atoms with E-state index in [0.29, 0.717) is 0 Å². The van der Waals surface area contributed by atoms with Gasteiger partial charge >= 0.3 is 0 Å². The zero-order valence-corrected chi connectivity index (χ0v) is 13.0. The summed E-state index contributed by atoms with van der Waals surface area (Å²) in [6, 6.07) is 18.5. The highest BCUT2D eigenvalue weighted by molar-refractivity contribution is 5.44. The van der Waals surface area contributed by atoms with Crippen molar-refractivity contribution >= 4 is 0 Å². The molecule has 3 nitrogen and oxygen atoms in total. The maximum atomic E-state index is 6.09. The molecule has 3 aromatic rings. The smallest absolute Gasteiger partial charge is 0.130 e. The molecule has 1 aliphatic heterocycles. The standard InChI is InChI=1S/C20H20N2O/c1-2-6-18(7-3-1)23-20-8-4-5-17-15-22(12-10-19(17)20)14-16-9-11-21-13-16/h1-9,11,13,21H,10,12,14-15H2. The van der Waals surface area contributed by atoms with E-state index in [1.54, 1.807) is 0 Å². The number of hydrogen-bond acceptors (Lipinski definition) is 2. The highest BCUT2D eigenvalue weighted by Crippen LogP contribution is 2.31. The van der Waals surface area contributed by atoms with Crippen molar-refractivity contribution in [3.05, 3.63) is 83.7 Å². The first-order chi connectivity index (χ1) is 11.4. The largest absolute Gasteiger partial charge is 0.457 e. The first-order valence-corrected chi connectivity index (χ1v) is 8.06. The lowest BCUT2D eigenvalue weighted by Crippen LogP contribution is -2.30. The minimum absolute atomic E-state index is 0.899. The Bertz CT molecular complexity index is 766. The van der Waals surface area contributed by atoms with Gasteiger partial charge in [-0.25, -0.2) is 0 Å². The van der Waals surface area contributed by atoms with E-state index in [1.165, 1.54) is 16.7 Å². The second-order valence-corrected chi connectivity index (χ2v) is 5.99. The Balaban J connectivity index is 1.53. The lowest BCUT2D eigenvalue weighted by atomic mass is 9.98. The quantitative estimate of drug-likeness (QED) is 0.775. The van der Waals surface area contributed by atoms with Crippen LogP contribution in [0.3, 0.4) is 0 Å². The van der Waals surface area contributed by atoms with Crippen LogP contribution >= 0.6 is 0 Å². The fraction of sp³-hybridized carbons (Fsp3) is 0.200. The van der Waals surface area contributed by atoms with Crippen LogP contribution in [-0.4, -0.2) is 16.4 Å². The van der Waals surface area contributed by atoms with Crippen LogP contribution in [-0.2, 0) is 19.5 Å². The number of ether oxygens (including phenoxy) is 1. The molecule has 1 aromatic heterocycles. The summed E-state index contributed by atoms with van der Waals surface area (Å²) in [5.41, 5.74) is 4.06. The SMILES string of the molecule is c1ccc(Oc2cccc3c2CCN(Cc2cc[nH]c2)C3)cc1. The zero-order valence-electron chi connectivity index (χ0n) is 13.0. The van der Waals surface area contributed by atoms with Crippen LogP contribution < -0.4 is 4.74 Å². The number of hydrogen-bond donors (Lipinski definition) is 1. The van der Waals surface area contributed by atoms with Gasteiger partial charge in [0.2, 0.25) is 0 Å². The summed E-state index contributed by atoms with van der Waals surface area (Å²) in [5.74, 6) is 1.89. The minimum atomic E-state index is 0.899. The van der Waals surface area contributed by atoms with Crippen LogP contribution in [0.5, 0.6) is 11.5 Å². The second kappa shape index (κ2) is 6.31. The first kappa shape index (κ1) is 14.1. The third kappa shape index (κ3) is 3.15. The third-order valence-corrected chi connectivity index (χ3v) is 4.34. The highest BCUT2D eigenvalue weighted by atomic mass is 16.5. The second-order valence-electron chi connectivity index (χ2n) is 5.99. The van der Waals surface area contributed by atoms with Crippen molar-refractivity contribution < 1.29 is 4.74 Å². The predicted octanol–water partition coefficient (Wildman–Crippen LogP) is 4.37. The van der Waals surface area contributed by atoms with Crippen LogP contribution in [0.2, 0.25) is 0 Å². The molecule has 3 heteroatoms. The van der Waals surface area contributed by atoms with Crippen LogP contribution in [0.15, 0.2) is 67.0 Å². The van der Waals surface area contributed by atoms with E-state index in [9.17, 15) is 0 Å². The average Bonchev–Trinajstić information content (AvgIpc) is 3.09. The van der Waals surface area contributed by atoms with E-state index in [4.69, 9.17) is 4.74 Å². The number of para-hydroxylation sites is 1. The molecule has 1 aliphatic rings. The Morgan fingerprint density at radius 1 is 1.00 bits per heavy atom. The number of nitrogens with one attached hydrogen (secondary N) is 1. The normalized spacial score (nSPS) is 14.4. The molecule has 0 spiro atoms. The lowest BCUT2D eigenvalue weighted by Gasteiger charge is -2.29. The van der Waals surface area contributed by atoms with Gasteiger partial charge in [0.25, 0.3) is 0 Å². The van der Waals surface area contributed by atoms with Crippen LogP contribution in [0.1, 0.15) is 16.7 Å². The van der Waals surface area contributed by atoms with Gasteiger partial charge in [0.05, 0.1) is 0 Å². The molecule has 0 saturated carbocycles. The molecule has 4 rings (SSSR count). The Morgan fingerprint density at radius 3 is 2.74 bits per heavy atom. The highest BCUT2D eigenvalue weighted by Gasteiger charge is 2.19. The van der Waals surface area contributed by atoms with Crippen molar-refractivity contribution in [1.29, 1.82) is 0 Å². The molecule has 0 amide bonds. The number of aromatic amines is 1. The molecule has 0 atom stereocenters. The maximum absolute atomic E-state index is 6.09. The van der Waals surface area contributed by atoms with Crippen molar-refractivity contribution in [2.45, 2.75) is 19.5 Å². The molecule has 0 aliphatic carbocycles. The Morgan fingerprint density at radius 2 is 1.91 bits per heavy atom. The van der Waals surface area contributed by atoms with Crippen molar-refractivity contribution in [1.82, 2.24) is 9.88 Å². The van der Waals surface area contributed by atoms with E-state index in [0.717, 1.165) is 37.6 Å². The summed E-state index contributed by atoms with van der Waals surface area (Å²) >= 11 is 0. The molecule has 116 valence electrons. The van der Waals surface area contributed by atoms with Crippen molar-refractivity contribution in [3.8, 4) is 11.5 Å². The fourth-order valence-corrected chi connectivity index (χ4v) is 3.19. The third-order valence-electron chi connectivity index (χ3n) is 4.34. The monoisotopic (exact) mass is 304 g/mol. The summed E-state index contributed by atoms with van der Waals surface area (Å²) in [4.78, 5) is 5.61. The van der Waals surface area contributed by atoms with Crippen molar-refractivity contribution in [2.24, 2.45) is 0 Å². The van der Waals surface area contributed by atoms with Gasteiger partial charge < -0.3 is 9.72 Å². The summed E-state index contributed by atoms with van der Waals surface area (Å²) in [6.07, 6.45) is 5.09. The van der Waals surface area contributed by atoms with Crippen molar-refractivity contribution in [2.75, 3.05) is 6.54 Å². The molecule has 0 radical (unpaired) electrons. The van der Waals surface area contributed by atoms with Gasteiger partial charge in [-0.1, -0.05) is 30.3 Å². The molecule has 0 saturated heterocycles. The molecule has 23 heavy (non-hydrogen) atoms. The fourth-order valence-electron chi connectivity index (χ4n) is 3.19. The Hall–Kier alpha value is -2.52. The van der Waals surface area contributed by atoms with Gasteiger partial charge in [0, 0.05) is 37.6 Å². The van der Waals surface area contributed by atoms with Crippen molar-refractivity contribution in [3.63, 3.8) is 0 Å². The van der Waals surface area contributed by atoms with E-state index in [-0.39, 0.29) is 0 Å². The summed E-state index contributed by atoms with van der Waals surface area (Å²) in [5, 5.41) is 0. The van der Waals surface area contributed by atoms with Gasteiger partial charge in [-0.2, -0.15) is 0 Å². The molecule has 1 N–H and O–H groups in total. The topological polar surface area (TPSA) is 28.3 Å². The summed E-state index contributed by atoms with van der Waals surface area (Å²) in [7, 11) is 0. The van der Waals surface area contributed by atoms with Gasteiger partial charge in [0.15, 0.2) is 0 Å². The van der Waals surface area contributed by atoms with Crippen LogP contribution in [0.4, 0.5) is 0 Å². The van der Waals surface area contributed by atoms with Gasteiger partial charge in [-0.3, -0.25) is 4.90 Å². The number of aromatic nitrogens is 1. The molecule has 2 heterocycles. The first-order valence-electron chi connectivity index (χ1n) is 8.06. The minimum Gasteiger partial charge on any atom is -0.457 e. The van der Waals surface area contributed by atoms with E-state index in [2.05, 4.69) is 40.3 Å². The maximum Gasteiger partial charge on any atom is 0.130 e. The predicted molar refractivity (Wildman–Crippen MR) is 91.6 cm³/mol. The number of fused-ring (bicyclic) bond motifs is 1. The van der Waals surface area contributed by atoms with Gasteiger partial charge in [0.1, 0.15) is 11.5 Å². The molecular formula is C20H20N2O. The zero-order chi connectivity index (χ0) is 15.5. The number of benzene rings is 2. The molecule has 2 aromatic carbocycles. The van der Waals surface area contributed by atoms with Crippen LogP contribution in [0.25, 0.3) is 0 Å². The number of rotatable bonds is 4. The molecule has 0 fully saturated rings. The van der Waals surface area contributed by atoms with E-state index in [1.807, 2.05) is 36.5 Å². The lowest BCUT2D eigenvalue weighted by molar-refractivity contribution is 0.243. The molecule has 0 unspecified atom stereocenters. The molecule has 0 bridgehead atoms. The Kier molecular flexibility index (Phi) is 3.86. The summed E-state index contributed by atoms with van der Waals surface area (Å²) in [6.45, 7) is 3.03. The van der Waals surface area contributed by atoms with Crippen LogP contribution in [0, 0.1) is 0 Å². The Labute approximate surface area is 136 Å². The average molecular weight is 304 g/mol. The van der Waals surface area contributed by atoms with Gasteiger partial charge in [-0.05, 0) is 41.8 Å². The van der Waals surface area contributed by atoms with E-state index < -0.39 is 0 Å². The summed E-state index contributed by atoms with van der Waals surface area (Å²) < 4.78 is 6.09.